The van der Waals surface area contributed by atoms with Crippen molar-refractivity contribution >= 4 is 11.9 Å². The topological polar surface area (TPSA) is 84.9 Å². The van der Waals surface area contributed by atoms with Crippen LogP contribution in [0.5, 0.6) is 5.75 Å². The summed E-state index contributed by atoms with van der Waals surface area (Å²) in [6.07, 6.45) is -0.706. The molecule has 1 aromatic carbocycles. The zero-order valence-electron chi connectivity index (χ0n) is 12.0. The molecule has 0 aliphatic carbocycles. The fourth-order valence-electron chi connectivity index (χ4n) is 2.11. The van der Waals surface area contributed by atoms with Gasteiger partial charge in [0, 0.05) is 0 Å². The number of carbonyl (C=O) groups excluding carboxylic acids is 1. The zero-order valence-corrected chi connectivity index (χ0v) is 12.0. The number of nitrogens with one attached hydrogen (secondary N) is 1. The minimum Gasteiger partial charge on any atom is -0.481 e. The maximum Gasteiger partial charge on any atom is 0.311 e. The summed E-state index contributed by atoms with van der Waals surface area (Å²) in [6, 6.07) is 6.85. The van der Waals surface area contributed by atoms with Crippen molar-refractivity contribution in [2.45, 2.75) is 26.0 Å². The highest BCUT2D eigenvalue weighted by Gasteiger charge is 2.35. The molecule has 1 saturated heterocycles. The van der Waals surface area contributed by atoms with Crippen LogP contribution in [0.3, 0.4) is 0 Å². The van der Waals surface area contributed by atoms with E-state index in [1.165, 1.54) is 0 Å². The molecule has 1 aliphatic heterocycles. The van der Waals surface area contributed by atoms with Crippen molar-refractivity contribution in [1.29, 1.82) is 0 Å². The van der Waals surface area contributed by atoms with E-state index in [2.05, 4.69) is 5.32 Å². The van der Waals surface area contributed by atoms with Gasteiger partial charge in [0.1, 0.15) is 11.7 Å². The Morgan fingerprint density at radius 3 is 2.62 bits per heavy atom. The van der Waals surface area contributed by atoms with E-state index in [1.807, 2.05) is 19.1 Å². The van der Waals surface area contributed by atoms with Crippen LogP contribution in [0.25, 0.3) is 0 Å². The van der Waals surface area contributed by atoms with Gasteiger partial charge in [-0.3, -0.25) is 9.59 Å². The Bertz CT molecular complexity index is 513. The van der Waals surface area contributed by atoms with Crippen LogP contribution in [0, 0.1) is 12.8 Å². The minimum absolute atomic E-state index is 0.119. The van der Waals surface area contributed by atoms with E-state index >= 15 is 0 Å². The van der Waals surface area contributed by atoms with Gasteiger partial charge in [-0.25, -0.2) is 0 Å². The Morgan fingerprint density at radius 1 is 1.33 bits per heavy atom. The van der Waals surface area contributed by atoms with Gasteiger partial charge in [-0.15, -0.1) is 0 Å². The van der Waals surface area contributed by atoms with E-state index in [-0.39, 0.29) is 19.1 Å². The molecule has 0 spiro atoms. The molecule has 114 valence electrons. The van der Waals surface area contributed by atoms with Gasteiger partial charge in [-0.2, -0.15) is 0 Å². The molecule has 1 aromatic rings. The molecule has 1 heterocycles. The Hall–Kier alpha value is -2.08. The smallest absolute Gasteiger partial charge is 0.311 e. The number of carboxylic acids is 1. The Kier molecular flexibility index (Phi) is 4.80. The first-order valence-corrected chi connectivity index (χ1v) is 6.81. The van der Waals surface area contributed by atoms with Crippen LogP contribution in [0.1, 0.15) is 12.5 Å². The molecule has 1 aliphatic rings. The number of aryl methyl sites for hydroxylation is 1. The van der Waals surface area contributed by atoms with Crippen LogP contribution in [-0.2, 0) is 14.3 Å². The quantitative estimate of drug-likeness (QED) is 0.845. The second-order valence-corrected chi connectivity index (χ2v) is 5.17. The van der Waals surface area contributed by atoms with E-state index in [1.54, 1.807) is 19.1 Å². The molecule has 2 rings (SSSR count). The predicted molar refractivity (Wildman–Crippen MR) is 75.1 cm³/mol. The van der Waals surface area contributed by atoms with Gasteiger partial charge in [0.05, 0.1) is 19.3 Å². The number of hydrogen-bond donors (Lipinski definition) is 2. The Labute approximate surface area is 123 Å². The normalized spacial score (nSPS) is 22.6. The lowest BCUT2D eigenvalue weighted by atomic mass is 10.0. The van der Waals surface area contributed by atoms with Gasteiger partial charge in [0.25, 0.3) is 5.91 Å². The molecule has 0 aromatic heterocycles. The largest absolute Gasteiger partial charge is 0.481 e. The second-order valence-electron chi connectivity index (χ2n) is 5.17. The average Bonchev–Trinajstić information content (AvgIpc) is 2.89. The predicted octanol–water partition coefficient (Wildman–Crippen LogP) is 0.978. The number of rotatable bonds is 5. The number of benzene rings is 1. The number of amides is 1. The SMILES string of the molecule is Cc1ccc(OC(C)C(=O)NC2COCC2C(=O)O)cc1. The van der Waals surface area contributed by atoms with Crippen LogP contribution in [0.15, 0.2) is 24.3 Å². The standard InChI is InChI=1S/C15H19NO5/c1-9-3-5-11(6-4-9)21-10(2)14(17)16-13-8-20-7-12(13)15(18)19/h3-6,10,12-13H,7-8H2,1-2H3,(H,16,17)(H,18,19). The van der Waals surface area contributed by atoms with Gasteiger partial charge in [0.2, 0.25) is 0 Å². The van der Waals surface area contributed by atoms with Gasteiger partial charge in [-0.1, -0.05) is 17.7 Å². The fraction of sp³-hybridized carbons (Fsp3) is 0.467. The summed E-state index contributed by atoms with van der Waals surface area (Å²) in [6.45, 7) is 3.92. The number of aliphatic carboxylic acids is 1. The molecule has 0 radical (unpaired) electrons. The number of ether oxygens (including phenoxy) is 2. The molecule has 6 heteroatoms. The summed E-state index contributed by atoms with van der Waals surface area (Å²) < 4.78 is 10.6. The van der Waals surface area contributed by atoms with Crippen LogP contribution in [0.2, 0.25) is 0 Å². The molecule has 3 atom stereocenters. The van der Waals surface area contributed by atoms with Crippen LogP contribution in [-0.4, -0.2) is 42.3 Å². The summed E-state index contributed by atoms with van der Waals surface area (Å²) in [7, 11) is 0. The van der Waals surface area contributed by atoms with Gasteiger partial charge in [0.15, 0.2) is 6.10 Å². The first-order valence-electron chi connectivity index (χ1n) is 6.81. The average molecular weight is 293 g/mol. The molecule has 21 heavy (non-hydrogen) atoms. The van der Waals surface area contributed by atoms with Crippen molar-refractivity contribution in [2.24, 2.45) is 5.92 Å². The van der Waals surface area contributed by atoms with Crippen LogP contribution >= 0.6 is 0 Å². The summed E-state index contributed by atoms with van der Waals surface area (Å²) in [4.78, 5) is 23.1. The molecular weight excluding hydrogens is 274 g/mol. The third-order valence-corrected chi connectivity index (χ3v) is 3.43. The van der Waals surface area contributed by atoms with Crippen molar-refractivity contribution in [1.82, 2.24) is 5.32 Å². The van der Waals surface area contributed by atoms with Crippen molar-refractivity contribution in [3.63, 3.8) is 0 Å². The summed E-state index contributed by atoms with van der Waals surface area (Å²) >= 11 is 0. The summed E-state index contributed by atoms with van der Waals surface area (Å²) in [5, 5.41) is 11.7. The number of carboxylic acid groups (broad SMARTS) is 1. The van der Waals surface area contributed by atoms with Gasteiger partial charge < -0.3 is 19.9 Å². The van der Waals surface area contributed by atoms with Gasteiger partial charge >= 0.3 is 5.97 Å². The lowest BCUT2D eigenvalue weighted by Gasteiger charge is -2.19. The lowest BCUT2D eigenvalue weighted by Crippen LogP contribution is -2.47. The minimum atomic E-state index is -0.968. The zero-order chi connectivity index (χ0) is 15.4. The van der Waals surface area contributed by atoms with Crippen molar-refractivity contribution in [3.8, 4) is 5.75 Å². The van der Waals surface area contributed by atoms with E-state index in [4.69, 9.17) is 14.6 Å². The first kappa shape index (κ1) is 15.3. The third kappa shape index (κ3) is 3.95. The maximum absolute atomic E-state index is 12.1. The van der Waals surface area contributed by atoms with Crippen molar-refractivity contribution < 1.29 is 24.2 Å². The van der Waals surface area contributed by atoms with Crippen LogP contribution < -0.4 is 10.1 Å². The third-order valence-electron chi connectivity index (χ3n) is 3.43. The molecular formula is C15H19NO5. The van der Waals surface area contributed by atoms with E-state index in [9.17, 15) is 9.59 Å². The molecule has 1 fully saturated rings. The second kappa shape index (κ2) is 6.58. The maximum atomic E-state index is 12.1. The molecule has 6 nitrogen and oxygen atoms in total. The molecule has 0 bridgehead atoms. The van der Waals surface area contributed by atoms with Crippen molar-refractivity contribution in [2.75, 3.05) is 13.2 Å². The van der Waals surface area contributed by atoms with Gasteiger partial charge in [-0.05, 0) is 26.0 Å². The van der Waals surface area contributed by atoms with Crippen molar-refractivity contribution in [3.05, 3.63) is 29.8 Å². The molecule has 2 N–H and O–H groups in total. The summed E-state index contributed by atoms with van der Waals surface area (Å²) in [5.41, 5.74) is 1.10. The fourth-order valence-corrected chi connectivity index (χ4v) is 2.11. The number of hydrogen-bond acceptors (Lipinski definition) is 4. The lowest BCUT2D eigenvalue weighted by molar-refractivity contribution is -0.142. The molecule has 0 saturated carbocycles. The molecule has 1 amide bonds. The highest BCUT2D eigenvalue weighted by molar-refractivity contribution is 5.82. The first-order chi connectivity index (χ1) is 9.97. The molecule has 3 unspecified atom stereocenters. The van der Waals surface area contributed by atoms with Crippen LogP contribution in [0.4, 0.5) is 0 Å². The van der Waals surface area contributed by atoms with E-state index in [0.29, 0.717) is 5.75 Å². The van der Waals surface area contributed by atoms with E-state index in [0.717, 1.165) is 5.56 Å². The monoisotopic (exact) mass is 293 g/mol. The Balaban J connectivity index is 1.90. The highest BCUT2D eigenvalue weighted by Crippen LogP contribution is 2.16. The summed E-state index contributed by atoms with van der Waals surface area (Å²) in [5.74, 6) is -1.43. The van der Waals surface area contributed by atoms with E-state index < -0.39 is 24.0 Å². The number of carbonyl (C=O) groups is 2. The highest BCUT2D eigenvalue weighted by atomic mass is 16.5. The Morgan fingerprint density at radius 2 is 2.00 bits per heavy atom.